The standard InChI is InChI=1S/C11H9N2O/c1-14-10-3-2-6-13-11(10)9-4-7-12-8-5-9/h2,4-8H,1H3. The third-order valence-electron chi connectivity index (χ3n) is 1.87. The molecule has 0 saturated heterocycles. The second-order valence-electron chi connectivity index (χ2n) is 2.71. The molecule has 14 heavy (non-hydrogen) atoms. The van der Waals surface area contributed by atoms with Gasteiger partial charge in [-0.05, 0) is 18.2 Å². The molecule has 0 bridgehead atoms. The lowest BCUT2D eigenvalue weighted by Crippen LogP contribution is -1.90. The number of ether oxygens (including phenoxy) is 1. The van der Waals surface area contributed by atoms with Crippen molar-refractivity contribution in [3.63, 3.8) is 0 Å². The Labute approximate surface area is 82.4 Å². The smallest absolute Gasteiger partial charge is 0.153 e. The minimum Gasteiger partial charge on any atom is -0.494 e. The van der Waals surface area contributed by atoms with Gasteiger partial charge in [-0.2, -0.15) is 0 Å². The van der Waals surface area contributed by atoms with Crippen molar-refractivity contribution < 1.29 is 4.74 Å². The van der Waals surface area contributed by atoms with Gasteiger partial charge in [0.25, 0.3) is 0 Å². The lowest BCUT2D eigenvalue weighted by atomic mass is 10.1. The summed E-state index contributed by atoms with van der Waals surface area (Å²) < 4.78 is 5.16. The van der Waals surface area contributed by atoms with E-state index < -0.39 is 0 Å². The second kappa shape index (κ2) is 3.87. The summed E-state index contributed by atoms with van der Waals surface area (Å²) in [6.07, 6.45) is 5.14. The minimum atomic E-state index is 0.652. The van der Waals surface area contributed by atoms with Crippen molar-refractivity contribution in [3.8, 4) is 17.0 Å². The van der Waals surface area contributed by atoms with Gasteiger partial charge in [-0.1, -0.05) is 0 Å². The number of methoxy groups -OCH3 is 1. The minimum absolute atomic E-state index is 0.652. The summed E-state index contributed by atoms with van der Waals surface area (Å²) in [6.45, 7) is 0. The first-order chi connectivity index (χ1) is 6.92. The van der Waals surface area contributed by atoms with Crippen LogP contribution in [0.3, 0.4) is 0 Å². The zero-order valence-corrected chi connectivity index (χ0v) is 7.77. The molecule has 2 aromatic rings. The predicted molar refractivity (Wildman–Crippen MR) is 52.9 cm³/mol. The van der Waals surface area contributed by atoms with Crippen LogP contribution in [0.1, 0.15) is 0 Å². The summed E-state index contributed by atoms with van der Waals surface area (Å²) in [5, 5.41) is 0. The van der Waals surface area contributed by atoms with Crippen LogP contribution < -0.4 is 4.74 Å². The van der Waals surface area contributed by atoms with Gasteiger partial charge in [0, 0.05) is 30.2 Å². The fourth-order valence-electron chi connectivity index (χ4n) is 1.22. The first-order valence-corrected chi connectivity index (χ1v) is 4.23. The van der Waals surface area contributed by atoms with Gasteiger partial charge in [0.1, 0.15) is 5.69 Å². The number of hydrogen-bond donors (Lipinski definition) is 0. The lowest BCUT2D eigenvalue weighted by molar-refractivity contribution is 0.414. The van der Waals surface area contributed by atoms with Crippen LogP contribution in [0.5, 0.6) is 5.75 Å². The fraction of sp³-hybridized carbons (Fsp3) is 0.0909. The van der Waals surface area contributed by atoms with E-state index in [1.165, 1.54) is 0 Å². The Morgan fingerprint density at radius 2 is 2.00 bits per heavy atom. The highest BCUT2D eigenvalue weighted by atomic mass is 16.5. The molecule has 69 valence electrons. The van der Waals surface area contributed by atoms with Gasteiger partial charge in [-0.3, -0.25) is 9.97 Å². The van der Waals surface area contributed by atoms with Gasteiger partial charge in [0.15, 0.2) is 5.75 Å². The van der Waals surface area contributed by atoms with E-state index in [0.29, 0.717) is 5.75 Å². The van der Waals surface area contributed by atoms with Crippen LogP contribution in [-0.4, -0.2) is 17.1 Å². The molecule has 0 amide bonds. The Bertz CT molecular complexity index is 415. The predicted octanol–water partition coefficient (Wildman–Crippen LogP) is 1.95. The molecule has 1 radical (unpaired) electrons. The SMILES string of the molecule is COc1[c]ccnc1-c1ccncc1. The molecule has 0 atom stereocenters. The highest BCUT2D eigenvalue weighted by Gasteiger charge is 2.05. The number of rotatable bonds is 2. The van der Waals surface area contributed by atoms with E-state index in [1.807, 2.05) is 12.1 Å². The van der Waals surface area contributed by atoms with Crippen molar-refractivity contribution in [1.82, 2.24) is 9.97 Å². The molecule has 0 aliphatic carbocycles. The molecule has 0 fully saturated rings. The first-order valence-electron chi connectivity index (χ1n) is 4.23. The molecular weight excluding hydrogens is 176 g/mol. The molecule has 2 heterocycles. The third-order valence-corrected chi connectivity index (χ3v) is 1.87. The van der Waals surface area contributed by atoms with Crippen LogP contribution in [0.2, 0.25) is 0 Å². The molecule has 0 aliphatic rings. The second-order valence-corrected chi connectivity index (χ2v) is 2.71. The number of hydrogen-bond acceptors (Lipinski definition) is 3. The van der Waals surface area contributed by atoms with E-state index in [-0.39, 0.29) is 0 Å². The molecule has 2 rings (SSSR count). The quantitative estimate of drug-likeness (QED) is 0.717. The maximum atomic E-state index is 5.16. The largest absolute Gasteiger partial charge is 0.494 e. The van der Waals surface area contributed by atoms with E-state index in [1.54, 1.807) is 31.8 Å². The van der Waals surface area contributed by atoms with E-state index in [9.17, 15) is 0 Å². The molecule has 2 aromatic heterocycles. The number of pyridine rings is 2. The van der Waals surface area contributed by atoms with Crippen LogP contribution in [0.25, 0.3) is 11.3 Å². The van der Waals surface area contributed by atoms with Gasteiger partial charge < -0.3 is 4.74 Å². The molecule has 0 N–H and O–H groups in total. The summed E-state index contributed by atoms with van der Waals surface area (Å²) in [5.41, 5.74) is 1.77. The van der Waals surface area contributed by atoms with Gasteiger partial charge in [0.05, 0.1) is 7.11 Å². The van der Waals surface area contributed by atoms with Crippen LogP contribution in [0, 0.1) is 6.07 Å². The van der Waals surface area contributed by atoms with Crippen molar-refractivity contribution >= 4 is 0 Å². The van der Waals surface area contributed by atoms with Crippen molar-refractivity contribution in [2.75, 3.05) is 7.11 Å². The Morgan fingerprint density at radius 1 is 1.21 bits per heavy atom. The summed E-state index contributed by atoms with van der Waals surface area (Å²) in [6, 6.07) is 8.48. The summed E-state index contributed by atoms with van der Waals surface area (Å²) in [4.78, 5) is 8.18. The van der Waals surface area contributed by atoms with Crippen molar-refractivity contribution in [2.24, 2.45) is 0 Å². The van der Waals surface area contributed by atoms with Crippen molar-refractivity contribution in [1.29, 1.82) is 0 Å². The number of nitrogens with zero attached hydrogens (tertiary/aromatic N) is 2. The van der Waals surface area contributed by atoms with Crippen LogP contribution >= 0.6 is 0 Å². The maximum absolute atomic E-state index is 5.16. The van der Waals surface area contributed by atoms with Gasteiger partial charge in [-0.15, -0.1) is 0 Å². The average Bonchev–Trinajstić information content (AvgIpc) is 2.30. The Hall–Kier alpha value is -1.90. The van der Waals surface area contributed by atoms with E-state index in [4.69, 9.17) is 4.74 Å². The van der Waals surface area contributed by atoms with Crippen molar-refractivity contribution in [2.45, 2.75) is 0 Å². The number of aromatic nitrogens is 2. The van der Waals surface area contributed by atoms with Gasteiger partial charge >= 0.3 is 0 Å². The molecule has 3 nitrogen and oxygen atoms in total. The fourth-order valence-corrected chi connectivity index (χ4v) is 1.22. The summed E-state index contributed by atoms with van der Waals surface area (Å²) in [7, 11) is 1.61. The topological polar surface area (TPSA) is 35.0 Å². The molecule has 0 unspecified atom stereocenters. The van der Waals surface area contributed by atoms with E-state index in [2.05, 4.69) is 16.0 Å². The van der Waals surface area contributed by atoms with E-state index in [0.717, 1.165) is 11.3 Å². The normalized spacial score (nSPS) is 9.79. The Morgan fingerprint density at radius 3 is 2.71 bits per heavy atom. The molecule has 0 spiro atoms. The van der Waals surface area contributed by atoms with Crippen LogP contribution in [-0.2, 0) is 0 Å². The van der Waals surface area contributed by atoms with Gasteiger partial charge in [-0.25, -0.2) is 0 Å². The zero-order valence-electron chi connectivity index (χ0n) is 7.77. The lowest BCUT2D eigenvalue weighted by Gasteiger charge is -2.05. The monoisotopic (exact) mass is 185 g/mol. The highest BCUT2D eigenvalue weighted by molar-refractivity contribution is 5.64. The zero-order chi connectivity index (χ0) is 9.80. The molecule has 3 heteroatoms. The molecule has 0 saturated carbocycles. The average molecular weight is 185 g/mol. The third kappa shape index (κ3) is 1.57. The Balaban J connectivity index is 2.51. The molecule has 0 aliphatic heterocycles. The first kappa shape index (κ1) is 8.69. The van der Waals surface area contributed by atoms with Crippen LogP contribution in [0.4, 0.5) is 0 Å². The maximum Gasteiger partial charge on any atom is 0.153 e. The van der Waals surface area contributed by atoms with Crippen molar-refractivity contribution in [3.05, 3.63) is 42.9 Å². The van der Waals surface area contributed by atoms with Gasteiger partial charge in [0.2, 0.25) is 0 Å². The highest BCUT2D eigenvalue weighted by Crippen LogP contribution is 2.25. The summed E-state index contributed by atoms with van der Waals surface area (Å²) >= 11 is 0. The summed E-state index contributed by atoms with van der Waals surface area (Å²) in [5.74, 6) is 0.652. The molecular formula is C11H9N2O. The molecule has 0 aromatic carbocycles. The van der Waals surface area contributed by atoms with Crippen LogP contribution in [0.15, 0.2) is 36.8 Å². The Kier molecular flexibility index (Phi) is 2.40. The van der Waals surface area contributed by atoms with E-state index >= 15 is 0 Å².